The fraction of sp³-hybridized carbons (Fsp3) is 0.0789. The van der Waals surface area contributed by atoms with Gasteiger partial charge < -0.3 is 13.7 Å². The summed E-state index contributed by atoms with van der Waals surface area (Å²) in [6.07, 6.45) is 0. The molecule has 16 aromatic rings. The van der Waals surface area contributed by atoms with E-state index in [1.807, 2.05) is 0 Å². The maximum Gasteiger partial charge on any atom is 0.0547 e. The van der Waals surface area contributed by atoms with Crippen LogP contribution in [0.1, 0.15) is 36.1 Å². The number of aromatic nitrogens is 3. The molecule has 0 unspecified atom stereocenters. The highest BCUT2D eigenvalue weighted by Crippen LogP contribution is 2.51. The molecule has 1 aliphatic carbocycles. The maximum absolute atomic E-state index is 2.45. The zero-order chi connectivity index (χ0) is 53.1. The zero-order valence-corrected chi connectivity index (χ0v) is 45.1. The van der Waals surface area contributed by atoms with Crippen molar-refractivity contribution >= 4 is 109 Å². The van der Waals surface area contributed by atoms with E-state index < -0.39 is 0 Å². The quantitative estimate of drug-likeness (QED) is 0.164. The van der Waals surface area contributed by atoms with Crippen LogP contribution in [0.5, 0.6) is 0 Å². The Balaban J connectivity index is 0.000000104. The third-order valence-corrected chi connectivity index (χ3v) is 17.3. The Bertz CT molecular complexity index is 4940. The summed E-state index contributed by atoms with van der Waals surface area (Å²) >= 11 is 0. The van der Waals surface area contributed by atoms with E-state index in [1.165, 1.54) is 153 Å². The molecule has 0 atom stereocenters. The number of nitrogens with zero attached hydrogens (tertiary/aromatic N) is 3. The molecule has 0 amide bonds. The van der Waals surface area contributed by atoms with Crippen LogP contribution in [0.4, 0.5) is 0 Å². The van der Waals surface area contributed by atoms with Crippen LogP contribution in [-0.2, 0) is 12.5 Å². The molecule has 79 heavy (non-hydrogen) atoms. The standard InChI is InChI=1S/C28H23N.C27H19N.C21H15N/c1-18-13-14-26-22(15-18)23-16-25-21(20-11-7-8-12-24(20)28(25,2)3)17-27(23)29(26)19-9-5-4-6-10-19;1-18-10-14-21(15-11-18)28-24-16-12-19-6-2-4-8-22(19)26(24)27-23-9-5-3-7-20(23)13-17-25(27)28;1-22-18-12-10-14-6-2-4-8-16(14)20(18)21-17-9-5-3-7-15(17)11-13-19(21)22/h4-17H,1-3H3;2-17H,1H3;2-13H,1H3. The Labute approximate surface area is 459 Å². The molecule has 3 heterocycles. The van der Waals surface area contributed by atoms with E-state index >= 15 is 0 Å². The van der Waals surface area contributed by atoms with Gasteiger partial charge in [-0.05, 0) is 152 Å². The first-order valence-corrected chi connectivity index (χ1v) is 27.6. The van der Waals surface area contributed by atoms with Crippen LogP contribution in [0.2, 0.25) is 0 Å². The van der Waals surface area contributed by atoms with Crippen LogP contribution < -0.4 is 0 Å². The predicted octanol–water partition coefficient (Wildman–Crippen LogP) is 20.4. The number of rotatable bonds is 2. The van der Waals surface area contributed by atoms with Gasteiger partial charge in [-0.2, -0.15) is 0 Å². The van der Waals surface area contributed by atoms with Gasteiger partial charge in [0, 0.05) is 67.2 Å². The number of fused-ring (bicyclic) bond motifs is 20. The number of para-hydroxylation sites is 1. The van der Waals surface area contributed by atoms with Gasteiger partial charge in [0.25, 0.3) is 0 Å². The van der Waals surface area contributed by atoms with Gasteiger partial charge in [-0.15, -0.1) is 0 Å². The third-order valence-electron chi connectivity index (χ3n) is 17.3. The smallest absolute Gasteiger partial charge is 0.0547 e. The Morgan fingerprint density at radius 3 is 1.23 bits per heavy atom. The lowest BCUT2D eigenvalue weighted by Crippen LogP contribution is -2.14. The molecule has 3 heteroatoms. The topological polar surface area (TPSA) is 14.8 Å². The molecule has 17 rings (SSSR count). The highest BCUT2D eigenvalue weighted by Gasteiger charge is 2.36. The first kappa shape index (κ1) is 46.6. The van der Waals surface area contributed by atoms with Crippen LogP contribution in [0.3, 0.4) is 0 Å². The Morgan fingerprint density at radius 2 is 0.684 bits per heavy atom. The van der Waals surface area contributed by atoms with Crippen molar-refractivity contribution in [1.82, 2.24) is 13.7 Å². The van der Waals surface area contributed by atoms with E-state index in [0.717, 1.165) is 0 Å². The maximum atomic E-state index is 2.45. The third kappa shape index (κ3) is 7.19. The zero-order valence-electron chi connectivity index (χ0n) is 45.1. The molecule has 0 saturated carbocycles. The lowest BCUT2D eigenvalue weighted by molar-refractivity contribution is 0.661. The van der Waals surface area contributed by atoms with Crippen LogP contribution >= 0.6 is 0 Å². The van der Waals surface area contributed by atoms with Crippen LogP contribution in [0.15, 0.2) is 255 Å². The molecule has 0 radical (unpaired) electrons. The summed E-state index contributed by atoms with van der Waals surface area (Å²) in [5, 5.41) is 18.5. The molecule has 0 saturated heterocycles. The molecule has 1 aliphatic rings. The van der Waals surface area contributed by atoms with E-state index in [0.29, 0.717) is 0 Å². The van der Waals surface area contributed by atoms with Gasteiger partial charge in [0.05, 0.1) is 22.1 Å². The first-order chi connectivity index (χ1) is 38.7. The van der Waals surface area contributed by atoms with Gasteiger partial charge in [-0.1, -0.05) is 207 Å². The van der Waals surface area contributed by atoms with Crippen molar-refractivity contribution < 1.29 is 0 Å². The summed E-state index contributed by atoms with van der Waals surface area (Å²) in [6, 6.07) is 92.8. The largest absolute Gasteiger partial charge is 0.344 e. The summed E-state index contributed by atoms with van der Waals surface area (Å²) < 4.78 is 7.13. The highest BCUT2D eigenvalue weighted by atomic mass is 15.0. The molecule has 376 valence electrons. The lowest BCUT2D eigenvalue weighted by atomic mass is 9.82. The fourth-order valence-corrected chi connectivity index (χ4v) is 13.4. The van der Waals surface area contributed by atoms with Crippen molar-refractivity contribution in [2.45, 2.75) is 33.1 Å². The summed E-state index contributed by atoms with van der Waals surface area (Å²) in [7, 11) is 2.16. The first-order valence-electron chi connectivity index (χ1n) is 27.6. The lowest BCUT2D eigenvalue weighted by Gasteiger charge is -2.21. The minimum absolute atomic E-state index is 0.0190. The summed E-state index contributed by atoms with van der Waals surface area (Å²) in [5.41, 5.74) is 18.3. The second-order valence-corrected chi connectivity index (χ2v) is 22.2. The number of benzene rings is 13. The normalized spacial score (nSPS) is 12.7. The summed E-state index contributed by atoms with van der Waals surface area (Å²) in [6.45, 7) is 9.02. The average Bonchev–Trinajstić information content (AvgIpc) is 4.38. The molecule has 13 aromatic carbocycles. The fourth-order valence-electron chi connectivity index (χ4n) is 13.4. The summed E-state index contributed by atoms with van der Waals surface area (Å²) in [5.74, 6) is 0. The molecule has 0 bridgehead atoms. The van der Waals surface area contributed by atoms with Gasteiger partial charge in [-0.25, -0.2) is 0 Å². The molecule has 0 aliphatic heterocycles. The summed E-state index contributed by atoms with van der Waals surface area (Å²) in [4.78, 5) is 0. The minimum Gasteiger partial charge on any atom is -0.344 e. The minimum atomic E-state index is 0.0190. The molecule has 0 N–H and O–H groups in total. The molecular formula is C76H57N3. The van der Waals surface area contributed by atoms with Crippen molar-refractivity contribution in [3.05, 3.63) is 277 Å². The Morgan fingerprint density at radius 1 is 0.278 bits per heavy atom. The van der Waals surface area contributed by atoms with Crippen molar-refractivity contribution in [3.63, 3.8) is 0 Å². The van der Waals surface area contributed by atoms with Crippen molar-refractivity contribution in [3.8, 4) is 22.5 Å². The van der Waals surface area contributed by atoms with Gasteiger partial charge in [-0.3, -0.25) is 0 Å². The number of hydrogen-bond donors (Lipinski definition) is 0. The monoisotopic (exact) mass is 1010 g/mol. The van der Waals surface area contributed by atoms with Crippen LogP contribution in [0.25, 0.3) is 131 Å². The SMILES string of the molecule is Cc1ccc(-n2c3ccc4ccccc4c3c3c4ccccc4ccc32)cc1.Cc1ccc2c(c1)c1cc3c(cc1n2-c1ccccc1)-c1ccccc1C3(C)C.Cn1c2ccc3ccccc3c2c2c3ccccc3ccc21. The molecule has 3 aromatic heterocycles. The van der Waals surface area contributed by atoms with Crippen molar-refractivity contribution in [2.75, 3.05) is 0 Å². The molecule has 0 fully saturated rings. The van der Waals surface area contributed by atoms with E-state index in [1.54, 1.807) is 0 Å². The second-order valence-electron chi connectivity index (χ2n) is 22.2. The Kier molecular flexibility index (Phi) is 10.6. The van der Waals surface area contributed by atoms with Gasteiger partial charge in [0.15, 0.2) is 0 Å². The van der Waals surface area contributed by atoms with Crippen molar-refractivity contribution in [1.29, 1.82) is 0 Å². The highest BCUT2D eigenvalue weighted by molar-refractivity contribution is 6.29. The second kappa shape index (κ2) is 17.9. The van der Waals surface area contributed by atoms with E-state index in [4.69, 9.17) is 0 Å². The van der Waals surface area contributed by atoms with Crippen molar-refractivity contribution in [2.24, 2.45) is 7.05 Å². The van der Waals surface area contributed by atoms with Gasteiger partial charge in [0.2, 0.25) is 0 Å². The number of hydrogen-bond acceptors (Lipinski definition) is 0. The molecular weight excluding hydrogens is 955 g/mol. The number of aryl methyl sites for hydroxylation is 3. The van der Waals surface area contributed by atoms with Gasteiger partial charge >= 0.3 is 0 Å². The van der Waals surface area contributed by atoms with Gasteiger partial charge in [0.1, 0.15) is 0 Å². The van der Waals surface area contributed by atoms with Crippen LogP contribution in [-0.4, -0.2) is 13.7 Å². The predicted molar refractivity (Wildman–Crippen MR) is 339 cm³/mol. The van der Waals surface area contributed by atoms with E-state index in [-0.39, 0.29) is 5.41 Å². The van der Waals surface area contributed by atoms with Crippen LogP contribution in [0, 0.1) is 13.8 Å². The van der Waals surface area contributed by atoms with E-state index in [9.17, 15) is 0 Å². The molecule has 3 nitrogen and oxygen atoms in total. The Hall–Kier alpha value is -9.70. The van der Waals surface area contributed by atoms with E-state index in [2.05, 4.69) is 303 Å². The average molecular weight is 1010 g/mol. The molecule has 0 spiro atoms.